The van der Waals surface area contributed by atoms with Crippen molar-refractivity contribution in [2.45, 2.75) is 38.6 Å². The van der Waals surface area contributed by atoms with E-state index in [1.165, 1.54) is 6.42 Å². The van der Waals surface area contributed by atoms with Gasteiger partial charge in [0.25, 0.3) is 0 Å². The summed E-state index contributed by atoms with van der Waals surface area (Å²) >= 11 is 0. The molecule has 1 saturated heterocycles. The number of anilines is 1. The molecule has 0 aromatic carbocycles. The number of hydrogen-bond donors (Lipinski definition) is 1. The maximum absolute atomic E-state index is 11.2. The summed E-state index contributed by atoms with van der Waals surface area (Å²) in [6, 6.07) is 4.24. The van der Waals surface area contributed by atoms with Crippen LogP contribution in [0, 0.1) is 0 Å². The molecule has 1 aromatic rings. The lowest BCUT2D eigenvalue weighted by Crippen LogP contribution is -2.30. The van der Waals surface area contributed by atoms with Gasteiger partial charge in [-0.3, -0.25) is 4.79 Å². The standard InChI is InChI=1S/C14H20N2O2/c1-11(18)12-6-7-14(15-10-12)16-8-2-4-13(16)5-3-9-17/h6-7,10,13,17H,2-5,8-9H2,1H3. The Morgan fingerprint density at radius 1 is 1.56 bits per heavy atom. The molecule has 98 valence electrons. The Bertz CT molecular complexity index is 403. The van der Waals surface area contributed by atoms with Crippen molar-refractivity contribution in [3.63, 3.8) is 0 Å². The summed E-state index contributed by atoms with van der Waals surface area (Å²) in [5, 5.41) is 8.91. The SMILES string of the molecule is CC(=O)c1ccc(N2CCCC2CCCO)nc1. The molecule has 0 radical (unpaired) electrons. The largest absolute Gasteiger partial charge is 0.396 e. The van der Waals surface area contributed by atoms with Gasteiger partial charge in [-0.05, 0) is 44.7 Å². The van der Waals surface area contributed by atoms with Crippen molar-refractivity contribution in [1.29, 1.82) is 0 Å². The van der Waals surface area contributed by atoms with E-state index in [1.807, 2.05) is 12.1 Å². The smallest absolute Gasteiger partial charge is 0.161 e. The van der Waals surface area contributed by atoms with Gasteiger partial charge in [0.1, 0.15) is 5.82 Å². The van der Waals surface area contributed by atoms with Crippen LogP contribution in [0.5, 0.6) is 0 Å². The fourth-order valence-corrected chi connectivity index (χ4v) is 2.53. The Kier molecular flexibility index (Phi) is 4.31. The number of aliphatic hydroxyl groups excluding tert-OH is 1. The zero-order chi connectivity index (χ0) is 13.0. The van der Waals surface area contributed by atoms with Gasteiger partial charge >= 0.3 is 0 Å². The minimum Gasteiger partial charge on any atom is -0.396 e. The first-order valence-electron chi connectivity index (χ1n) is 6.57. The van der Waals surface area contributed by atoms with Crippen LogP contribution in [0.2, 0.25) is 0 Å². The van der Waals surface area contributed by atoms with E-state index in [0.717, 1.165) is 31.6 Å². The summed E-state index contributed by atoms with van der Waals surface area (Å²) in [5.74, 6) is 0.993. The molecule has 0 amide bonds. The van der Waals surface area contributed by atoms with Crippen molar-refractivity contribution >= 4 is 11.6 Å². The van der Waals surface area contributed by atoms with Gasteiger partial charge in [-0.2, -0.15) is 0 Å². The highest BCUT2D eigenvalue weighted by Crippen LogP contribution is 2.26. The van der Waals surface area contributed by atoms with Gasteiger partial charge in [-0.15, -0.1) is 0 Å². The average Bonchev–Trinajstić information content (AvgIpc) is 2.84. The third-order valence-electron chi connectivity index (χ3n) is 3.52. The molecular formula is C14H20N2O2. The molecule has 2 rings (SSSR count). The van der Waals surface area contributed by atoms with Crippen molar-refractivity contribution in [1.82, 2.24) is 4.98 Å². The quantitative estimate of drug-likeness (QED) is 0.810. The van der Waals surface area contributed by atoms with E-state index in [0.29, 0.717) is 11.6 Å². The zero-order valence-corrected chi connectivity index (χ0v) is 10.8. The number of carbonyl (C=O) groups is 1. The summed E-state index contributed by atoms with van der Waals surface area (Å²) in [4.78, 5) is 17.9. The van der Waals surface area contributed by atoms with Crippen LogP contribution < -0.4 is 4.90 Å². The fourth-order valence-electron chi connectivity index (χ4n) is 2.53. The predicted octanol–water partition coefficient (Wildman–Crippen LogP) is 2.03. The molecule has 0 bridgehead atoms. The van der Waals surface area contributed by atoms with Crippen molar-refractivity contribution in [2.75, 3.05) is 18.1 Å². The van der Waals surface area contributed by atoms with Gasteiger partial charge < -0.3 is 10.0 Å². The summed E-state index contributed by atoms with van der Waals surface area (Å²) in [6.45, 7) is 2.82. The lowest BCUT2D eigenvalue weighted by Gasteiger charge is -2.25. The maximum Gasteiger partial charge on any atom is 0.161 e. The molecule has 18 heavy (non-hydrogen) atoms. The van der Waals surface area contributed by atoms with E-state index in [9.17, 15) is 4.79 Å². The van der Waals surface area contributed by atoms with Gasteiger partial charge in [0.2, 0.25) is 0 Å². The van der Waals surface area contributed by atoms with Crippen LogP contribution in [0.4, 0.5) is 5.82 Å². The molecule has 1 aromatic heterocycles. The number of pyridine rings is 1. The third-order valence-corrected chi connectivity index (χ3v) is 3.52. The van der Waals surface area contributed by atoms with E-state index < -0.39 is 0 Å². The second kappa shape index (κ2) is 5.96. The Morgan fingerprint density at radius 3 is 3.00 bits per heavy atom. The monoisotopic (exact) mass is 248 g/mol. The molecule has 1 unspecified atom stereocenters. The molecule has 1 N–H and O–H groups in total. The Morgan fingerprint density at radius 2 is 2.39 bits per heavy atom. The molecule has 2 heterocycles. The number of aromatic nitrogens is 1. The average molecular weight is 248 g/mol. The Balaban J connectivity index is 2.07. The summed E-state index contributed by atoms with van der Waals surface area (Å²) in [6.07, 6.45) is 5.83. The van der Waals surface area contributed by atoms with Crippen molar-refractivity contribution in [3.8, 4) is 0 Å². The number of carbonyl (C=O) groups excluding carboxylic acids is 1. The third kappa shape index (κ3) is 2.88. The van der Waals surface area contributed by atoms with Gasteiger partial charge in [0, 0.05) is 31.0 Å². The van der Waals surface area contributed by atoms with Gasteiger partial charge in [-0.1, -0.05) is 0 Å². The Hall–Kier alpha value is -1.42. The van der Waals surface area contributed by atoms with E-state index in [2.05, 4.69) is 9.88 Å². The number of nitrogens with zero attached hydrogens (tertiary/aromatic N) is 2. The molecular weight excluding hydrogens is 228 g/mol. The molecule has 1 atom stereocenters. The molecule has 1 aliphatic heterocycles. The van der Waals surface area contributed by atoms with Crippen molar-refractivity contribution in [3.05, 3.63) is 23.9 Å². The highest BCUT2D eigenvalue weighted by atomic mass is 16.2. The number of Topliss-reactive ketones (excluding diaryl/α,β-unsaturated/α-hetero) is 1. The van der Waals surface area contributed by atoms with E-state index in [4.69, 9.17) is 5.11 Å². The van der Waals surface area contributed by atoms with E-state index in [-0.39, 0.29) is 12.4 Å². The first kappa shape index (κ1) is 13.0. The van der Waals surface area contributed by atoms with Gasteiger partial charge in [0.05, 0.1) is 0 Å². The van der Waals surface area contributed by atoms with E-state index in [1.54, 1.807) is 13.1 Å². The van der Waals surface area contributed by atoms with Gasteiger partial charge in [-0.25, -0.2) is 4.98 Å². The molecule has 0 aliphatic carbocycles. The lowest BCUT2D eigenvalue weighted by atomic mass is 10.1. The first-order chi connectivity index (χ1) is 8.72. The van der Waals surface area contributed by atoms with Gasteiger partial charge in [0.15, 0.2) is 5.78 Å². The summed E-state index contributed by atoms with van der Waals surface area (Å²) in [5.41, 5.74) is 0.657. The highest BCUT2D eigenvalue weighted by Gasteiger charge is 2.24. The lowest BCUT2D eigenvalue weighted by molar-refractivity contribution is 0.101. The topological polar surface area (TPSA) is 53.4 Å². The van der Waals surface area contributed by atoms with Crippen LogP contribution in [0.3, 0.4) is 0 Å². The van der Waals surface area contributed by atoms with Crippen LogP contribution in [0.25, 0.3) is 0 Å². The van der Waals surface area contributed by atoms with Crippen LogP contribution in [-0.2, 0) is 0 Å². The molecule has 4 heteroatoms. The number of ketones is 1. The molecule has 4 nitrogen and oxygen atoms in total. The molecule has 0 saturated carbocycles. The van der Waals surface area contributed by atoms with Crippen LogP contribution in [0.1, 0.15) is 43.0 Å². The number of rotatable bonds is 5. The Labute approximate surface area is 108 Å². The van der Waals surface area contributed by atoms with E-state index >= 15 is 0 Å². The summed E-state index contributed by atoms with van der Waals surface area (Å²) < 4.78 is 0. The van der Waals surface area contributed by atoms with Crippen LogP contribution in [-0.4, -0.2) is 35.1 Å². The minimum absolute atomic E-state index is 0.0484. The normalized spacial score (nSPS) is 19.2. The van der Waals surface area contributed by atoms with Crippen LogP contribution in [0.15, 0.2) is 18.3 Å². The molecule has 1 aliphatic rings. The number of aliphatic hydroxyl groups is 1. The predicted molar refractivity (Wildman–Crippen MR) is 70.9 cm³/mol. The molecule has 0 spiro atoms. The highest BCUT2D eigenvalue weighted by molar-refractivity contribution is 5.93. The van der Waals surface area contributed by atoms with Crippen molar-refractivity contribution in [2.24, 2.45) is 0 Å². The first-order valence-corrected chi connectivity index (χ1v) is 6.57. The fraction of sp³-hybridized carbons (Fsp3) is 0.571. The van der Waals surface area contributed by atoms with Crippen molar-refractivity contribution < 1.29 is 9.90 Å². The summed E-state index contributed by atoms with van der Waals surface area (Å²) in [7, 11) is 0. The maximum atomic E-state index is 11.2. The zero-order valence-electron chi connectivity index (χ0n) is 10.8. The van der Waals surface area contributed by atoms with Crippen LogP contribution >= 0.6 is 0 Å². The number of hydrogen-bond acceptors (Lipinski definition) is 4. The second-order valence-corrected chi connectivity index (χ2v) is 4.82. The second-order valence-electron chi connectivity index (χ2n) is 4.82. The molecule has 1 fully saturated rings. The minimum atomic E-state index is 0.0484.